The van der Waals surface area contributed by atoms with Crippen LogP contribution in [-0.4, -0.2) is 62.2 Å². The lowest BCUT2D eigenvalue weighted by Gasteiger charge is -2.43. The summed E-state index contributed by atoms with van der Waals surface area (Å²) in [5.41, 5.74) is -0.974. The monoisotopic (exact) mass is 190 g/mol. The Kier molecular flexibility index (Phi) is 2.61. The molecule has 1 fully saturated rings. The molecule has 0 unspecified atom stereocenters. The minimum absolute atomic E-state index is 0.190. The standard InChI is InChI=1S/C8H15NO4/c1-9(2,3)8(7(10)11)4-12-6-13-5-8/h4-6H2,1-3H3/p+1. The van der Waals surface area contributed by atoms with Gasteiger partial charge in [0, 0.05) is 0 Å². The zero-order valence-electron chi connectivity index (χ0n) is 8.24. The second kappa shape index (κ2) is 3.25. The Labute approximate surface area is 77.4 Å². The van der Waals surface area contributed by atoms with Crippen LogP contribution in [-0.2, 0) is 14.3 Å². The Morgan fingerprint density at radius 3 is 2.00 bits per heavy atom. The van der Waals surface area contributed by atoms with E-state index in [1.807, 2.05) is 21.1 Å². The third kappa shape index (κ3) is 1.67. The molecule has 1 saturated heterocycles. The molecule has 1 N–H and O–H groups in total. The van der Waals surface area contributed by atoms with Crippen LogP contribution in [0.25, 0.3) is 0 Å². The van der Waals surface area contributed by atoms with E-state index in [9.17, 15) is 4.79 Å². The molecule has 0 aromatic carbocycles. The molecule has 76 valence electrons. The SMILES string of the molecule is C[N+](C)(C)C1(C(=O)O)COCOC1. The van der Waals surface area contributed by atoms with Gasteiger partial charge in [0.25, 0.3) is 0 Å². The van der Waals surface area contributed by atoms with Crippen LogP contribution in [0.15, 0.2) is 0 Å². The van der Waals surface area contributed by atoms with Crippen molar-refractivity contribution in [3.63, 3.8) is 0 Å². The van der Waals surface area contributed by atoms with E-state index in [2.05, 4.69) is 0 Å². The molecular weight excluding hydrogens is 174 g/mol. The first-order valence-electron chi connectivity index (χ1n) is 4.10. The average Bonchev–Trinajstić information content (AvgIpc) is 2.03. The number of rotatable bonds is 2. The van der Waals surface area contributed by atoms with Crippen LogP contribution in [0.1, 0.15) is 0 Å². The van der Waals surface area contributed by atoms with Crippen molar-refractivity contribution in [1.82, 2.24) is 0 Å². The smallest absolute Gasteiger partial charge is 0.370 e. The first-order chi connectivity index (χ1) is 5.90. The highest BCUT2D eigenvalue weighted by molar-refractivity contribution is 5.77. The van der Waals surface area contributed by atoms with E-state index in [1.54, 1.807) is 0 Å². The summed E-state index contributed by atoms with van der Waals surface area (Å²) in [6, 6.07) is 0. The minimum atomic E-state index is -0.974. The van der Waals surface area contributed by atoms with Crippen molar-refractivity contribution in [1.29, 1.82) is 0 Å². The highest BCUT2D eigenvalue weighted by Gasteiger charge is 2.53. The molecule has 0 atom stereocenters. The van der Waals surface area contributed by atoms with Crippen molar-refractivity contribution < 1.29 is 23.9 Å². The van der Waals surface area contributed by atoms with Gasteiger partial charge in [-0.15, -0.1) is 0 Å². The van der Waals surface area contributed by atoms with E-state index in [0.29, 0.717) is 4.48 Å². The molecule has 5 heteroatoms. The van der Waals surface area contributed by atoms with Gasteiger partial charge in [-0.25, -0.2) is 4.79 Å². The molecule has 0 saturated carbocycles. The summed E-state index contributed by atoms with van der Waals surface area (Å²) < 4.78 is 10.4. The molecule has 0 aromatic rings. The quantitative estimate of drug-likeness (QED) is 0.597. The molecule has 0 aromatic heterocycles. The number of hydrogen-bond acceptors (Lipinski definition) is 3. The lowest BCUT2D eigenvalue weighted by molar-refractivity contribution is -0.917. The van der Waals surface area contributed by atoms with E-state index in [0.717, 1.165) is 0 Å². The third-order valence-corrected chi connectivity index (χ3v) is 2.53. The summed E-state index contributed by atoms with van der Waals surface area (Å²) in [7, 11) is 5.48. The fourth-order valence-corrected chi connectivity index (χ4v) is 1.32. The number of carboxylic acids is 1. The molecule has 1 heterocycles. The van der Waals surface area contributed by atoms with Gasteiger partial charge in [-0.3, -0.25) is 0 Å². The predicted octanol–water partition coefficient (Wildman–Crippen LogP) is -0.480. The Balaban J connectivity index is 2.93. The molecule has 0 amide bonds. The molecule has 1 aliphatic heterocycles. The van der Waals surface area contributed by atoms with Gasteiger partial charge >= 0.3 is 5.97 Å². The number of carbonyl (C=O) groups is 1. The van der Waals surface area contributed by atoms with Crippen LogP contribution >= 0.6 is 0 Å². The van der Waals surface area contributed by atoms with E-state index in [-0.39, 0.29) is 20.0 Å². The fraction of sp³-hybridized carbons (Fsp3) is 0.875. The zero-order chi connectivity index (χ0) is 10.1. The second-order valence-electron chi connectivity index (χ2n) is 4.16. The number of ether oxygens (including phenoxy) is 2. The van der Waals surface area contributed by atoms with E-state index in [4.69, 9.17) is 14.6 Å². The summed E-state index contributed by atoms with van der Waals surface area (Å²) in [5.74, 6) is -0.875. The summed E-state index contributed by atoms with van der Waals surface area (Å²) in [4.78, 5) is 11.1. The van der Waals surface area contributed by atoms with Crippen LogP contribution in [0.2, 0.25) is 0 Å². The number of nitrogens with zero attached hydrogens (tertiary/aromatic N) is 1. The molecule has 0 spiro atoms. The van der Waals surface area contributed by atoms with Gasteiger partial charge in [0.15, 0.2) is 0 Å². The van der Waals surface area contributed by atoms with Crippen molar-refractivity contribution in [2.75, 3.05) is 41.1 Å². The summed E-state index contributed by atoms with van der Waals surface area (Å²) >= 11 is 0. The van der Waals surface area contributed by atoms with E-state index >= 15 is 0 Å². The van der Waals surface area contributed by atoms with Crippen molar-refractivity contribution in [2.24, 2.45) is 0 Å². The number of quaternary nitrogens is 1. The molecule has 13 heavy (non-hydrogen) atoms. The average molecular weight is 190 g/mol. The van der Waals surface area contributed by atoms with Gasteiger partial charge in [0.2, 0.25) is 5.54 Å². The van der Waals surface area contributed by atoms with Crippen molar-refractivity contribution >= 4 is 5.97 Å². The Bertz CT molecular complexity index is 203. The fourth-order valence-electron chi connectivity index (χ4n) is 1.32. The molecule has 0 aliphatic carbocycles. The first-order valence-corrected chi connectivity index (χ1v) is 4.10. The number of likely N-dealkylation sites (N-methyl/N-ethyl adjacent to an activating group) is 1. The van der Waals surface area contributed by atoms with Crippen LogP contribution in [0.3, 0.4) is 0 Å². The maximum atomic E-state index is 11.1. The summed E-state index contributed by atoms with van der Waals surface area (Å²) in [6.07, 6.45) is 0. The van der Waals surface area contributed by atoms with E-state index < -0.39 is 11.5 Å². The van der Waals surface area contributed by atoms with Gasteiger partial charge in [-0.1, -0.05) is 0 Å². The maximum Gasteiger partial charge on any atom is 0.370 e. The first kappa shape index (κ1) is 10.4. The topological polar surface area (TPSA) is 55.8 Å². The Morgan fingerprint density at radius 2 is 1.77 bits per heavy atom. The van der Waals surface area contributed by atoms with Crippen LogP contribution < -0.4 is 0 Å². The Morgan fingerprint density at radius 1 is 1.31 bits per heavy atom. The van der Waals surface area contributed by atoms with Crippen molar-refractivity contribution in [2.45, 2.75) is 5.54 Å². The normalized spacial score (nSPS) is 22.7. The lowest BCUT2D eigenvalue weighted by atomic mass is 9.98. The highest BCUT2D eigenvalue weighted by Crippen LogP contribution is 2.23. The maximum absolute atomic E-state index is 11.1. The minimum Gasteiger partial charge on any atom is -0.476 e. The van der Waals surface area contributed by atoms with E-state index in [1.165, 1.54) is 0 Å². The van der Waals surface area contributed by atoms with Crippen LogP contribution in [0, 0.1) is 0 Å². The van der Waals surface area contributed by atoms with Crippen molar-refractivity contribution in [3.8, 4) is 0 Å². The predicted molar refractivity (Wildman–Crippen MR) is 45.2 cm³/mol. The van der Waals surface area contributed by atoms with Crippen LogP contribution in [0.5, 0.6) is 0 Å². The lowest BCUT2D eigenvalue weighted by Crippen LogP contribution is -2.68. The Hall–Kier alpha value is -0.650. The third-order valence-electron chi connectivity index (χ3n) is 2.53. The van der Waals surface area contributed by atoms with Gasteiger partial charge in [-0.05, 0) is 0 Å². The molecular formula is C8H16NO4+. The zero-order valence-corrected chi connectivity index (χ0v) is 8.24. The molecule has 1 rings (SSSR count). The number of carboxylic acid groups (broad SMARTS) is 1. The molecule has 5 nitrogen and oxygen atoms in total. The summed E-state index contributed by atoms with van der Waals surface area (Å²) in [6.45, 7) is 0.590. The second-order valence-corrected chi connectivity index (χ2v) is 4.16. The number of hydrogen-bond donors (Lipinski definition) is 1. The largest absolute Gasteiger partial charge is 0.476 e. The van der Waals surface area contributed by atoms with Gasteiger partial charge in [0.1, 0.15) is 20.0 Å². The molecule has 0 bridgehead atoms. The van der Waals surface area contributed by atoms with Gasteiger partial charge in [-0.2, -0.15) is 0 Å². The number of aliphatic carboxylic acids is 1. The highest BCUT2D eigenvalue weighted by atomic mass is 16.7. The van der Waals surface area contributed by atoms with Gasteiger partial charge in [0.05, 0.1) is 21.1 Å². The van der Waals surface area contributed by atoms with Crippen LogP contribution in [0.4, 0.5) is 0 Å². The van der Waals surface area contributed by atoms with Crippen molar-refractivity contribution in [3.05, 3.63) is 0 Å². The molecule has 0 radical (unpaired) electrons. The van der Waals surface area contributed by atoms with Gasteiger partial charge < -0.3 is 19.1 Å². The molecule has 1 aliphatic rings. The summed E-state index contributed by atoms with van der Waals surface area (Å²) in [5, 5.41) is 9.15.